The number of rotatable bonds is 46. The molecule has 0 radical (unpaired) electrons. The first kappa shape index (κ1) is 57.2. The lowest BCUT2D eigenvalue weighted by atomic mass is 10.0. The van der Waals surface area contributed by atoms with E-state index < -0.39 is 20.0 Å². The SMILES string of the molecule is CCCCCCCCCCCCCC/C=C\CCCCCCCCCCCCC(=O)NC(COP(=O)(O)OCC[N+](C)(C)C)C(O)CCCCCCCCCCCC. The van der Waals surface area contributed by atoms with Gasteiger partial charge in [0.1, 0.15) is 13.2 Å². The van der Waals surface area contributed by atoms with E-state index in [1.165, 1.54) is 180 Å². The third-order valence-electron chi connectivity index (χ3n) is 11.5. The van der Waals surface area contributed by atoms with Gasteiger partial charge in [-0.15, -0.1) is 0 Å². The molecule has 0 saturated heterocycles. The van der Waals surface area contributed by atoms with Gasteiger partial charge in [0.2, 0.25) is 5.91 Å². The second kappa shape index (κ2) is 41.6. The van der Waals surface area contributed by atoms with Crippen molar-refractivity contribution in [1.29, 1.82) is 0 Å². The van der Waals surface area contributed by atoms with Crippen LogP contribution in [0.3, 0.4) is 0 Å². The van der Waals surface area contributed by atoms with E-state index in [0.29, 0.717) is 23.9 Å². The molecule has 0 bridgehead atoms. The molecule has 0 fully saturated rings. The van der Waals surface area contributed by atoms with Crippen LogP contribution in [0.25, 0.3) is 0 Å². The van der Waals surface area contributed by atoms with E-state index in [1.807, 2.05) is 21.1 Å². The molecular weight excluding hydrogens is 744 g/mol. The highest BCUT2D eigenvalue weighted by atomic mass is 31.2. The molecule has 0 aromatic carbocycles. The van der Waals surface area contributed by atoms with Gasteiger partial charge in [0.25, 0.3) is 0 Å². The lowest BCUT2D eigenvalue weighted by molar-refractivity contribution is -0.870. The van der Waals surface area contributed by atoms with Crippen molar-refractivity contribution in [3.8, 4) is 0 Å². The molecule has 0 aliphatic carbocycles. The van der Waals surface area contributed by atoms with Crippen molar-refractivity contribution in [2.24, 2.45) is 0 Å². The van der Waals surface area contributed by atoms with E-state index in [2.05, 4.69) is 31.3 Å². The van der Waals surface area contributed by atoms with Gasteiger partial charge in [-0.2, -0.15) is 0 Å². The Bertz CT molecular complexity index is 958. The molecule has 0 rings (SSSR count). The molecule has 0 heterocycles. The zero-order valence-electron chi connectivity index (χ0n) is 39.3. The minimum Gasteiger partial charge on any atom is -0.391 e. The first-order valence-corrected chi connectivity index (χ1v) is 26.5. The Morgan fingerprint density at radius 1 is 0.569 bits per heavy atom. The Hall–Kier alpha value is -0.760. The average molecular weight is 844 g/mol. The number of nitrogens with zero attached hydrogens (tertiary/aromatic N) is 1. The fourth-order valence-electron chi connectivity index (χ4n) is 7.51. The molecule has 0 saturated carbocycles. The molecule has 1 amide bonds. The highest BCUT2D eigenvalue weighted by Crippen LogP contribution is 2.43. The first-order valence-electron chi connectivity index (χ1n) is 25.1. The van der Waals surface area contributed by atoms with Crippen molar-refractivity contribution in [1.82, 2.24) is 5.32 Å². The predicted molar refractivity (Wildman–Crippen MR) is 249 cm³/mol. The molecule has 346 valence electrons. The summed E-state index contributed by atoms with van der Waals surface area (Å²) in [5.74, 6) is -0.145. The fourth-order valence-corrected chi connectivity index (χ4v) is 8.25. The van der Waals surface area contributed by atoms with E-state index in [9.17, 15) is 19.4 Å². The van der Waals surface area contributed by atoms with Gasteiger partial charge in [-0.1, -0.05) is 212 Å². The van der Waals surface area contributed by atoms with Gasteiger partial charge in [0, 0.05) is 6.42 Å². The number of aliphatic hydroxyl groups is 1. The second-order valence-corrected chi connectivity index (χ2v) is 20.0. The Kier molecular flexibility index (Phi) is 41.0. The molecule has 58 heavy (non-hydrogen) atoms. The largest absolute Gasteiger partial charge is 0.472 e. The van der Waals surface area contributed by atoms with Crippen molar-refractivity contribution in [3.63, 3.8) is 0 Å². The smallest absolute Gasteiger partial charge is 0.391 e. The monoisotopic (exact) mass is 844 g/mol. The number of unbranched alkanes of at least 4 members (excludes halogenated alkanes) is 31. The molecular formula is C49H100N2O6P+. The normalized spacial score (nSPS) is 14.3. The molecule has 0 aliphatic heterocycles. The maximum absolute atomic E-state index is 12.9. The highest BCUT2D eigenvalue weighted by molar-refractivity contribution is 7.47. The van der Waals surface area contributed by atoms with Crippen molar-refractivity contribution in [2.45, 2.75) is 257 Å². The summed E-state index contributed by atoms with van der Waals surface area (Å²) >= 11 is 0. The van der Waals surface area contributed by atoms with Crippen LogP contribution < -0.4 is 5.32 Å². The Morgan fingerprint density at radius 2 is 0.931 bits per heavy atom. The van der Waals surface area contributed by atoms with Crippen LogP contribution in [0.2, 0.25) is 0 Å². The molecule has 0 aromatic heterocycles. The van der Waals surface area contributed by atoms with Crippen molar-refractivity contribution >= 4 is 13.7 Å². The van der Waals surface area contributed by atoms with Crippen LogP contribution in [0.5, 0.6) is 0 Å². The Labute approximate surface area is 361 Å². The number of phosphoric acid groups is 1. The van der Waals surface area contributed by atoms with Crippen LogP contribution in [0.15, 0.2) is 12.2 Å². The second-order valence-electron chi connectivity index (χ2n) is 18.5. The zero-order valence-corrected chi connectivity index (χ0v) is 40.2. The summed E-state index contributed by atoms with van der Waals surface area (Å²) in [4.78, 5) is 23.2. The predicted octanol–water partition coefficient (Wildman–Crippen LogP) is 14.3. The first-order chi connectivity index (χ1) is 28.0. The number of aliphatic hydroxyl groups excluding tert-OH is 1. The van der Waals surface area contributed by atoms with Crippen LogP contribution in [0.4, 0.5) is 0 Å². The van der Waals surface area contributed by atoms with E-state index in [0.717, 1.165) is 38.5 Å². The number of carbonyl (C=O) groups excluding carboxylic acids is 1. The number of phosphoric ester groups is 1. The summed E-state index contributed by atoms with van der Waals surface area (Å²) in [5.41, 5.74) is 0. The average Bonchev–Trinajstić information content (AvgIpc) is 3.17. The number of hydrogen-bond acceptors (Lipinski definition) is 5. The number of amides is 1. The summed E-state index contributed by atoms with van der Waals surface area (Å²) in [7, 11) is 1.62. The van der Waals surface area contributed by atoms with Crippen molar-refractivity contribution in [2.75, 3.05) is 40.9 Å². The third kappa shape index (κ3) is 43.3. The standard InChI is InChI=1S/C49H99N2O6P/c1-6-8-10-12-14-16-18-19-20-21-22-23-24-25-26-27-28-29-30-31-32-33-35-37-39-41-43-49(53)50-47(46-57-58(54,55)56-45-44-51(3,4)5)48(52)42-40-38-36-34-17-15-13-11-9-7-2/h25-26,47-48,52H,6-24,27-46H2,1-5H3,(H-,50,53,54,55)/p+1/b26-25-. The van der Waals surface area contributed by atoms with Gasteiger partial charge in [-0.05, 0) is 38.5 Å². The van der Waals surface area contributed by atoms with Crippen LogP contribution >= 0.6 is 7.82 Å². The zero-order chi connectivity index (χ0) is 42.8. The molecule has 0 aromatic rings. The van der Waals surface area contributed by atoms with Gasteiger partial charge in [0.15, 0.2) is 0 Å². The Morgan fingerprint density at radius 3 is 1.33 bits per heavy atom. The van der Waals surface area contributed by atoms with Gasteiger partial charge >= 0.3 is 7.82 Å². The number of allylic oxidation sites excluding steroid dienone is 2. The molecule has 3 unspecified atom stereocenters. The number of quaternary nitrogens is 1. The lowest BCUT2D eigenvalue weighted by Crippen LogP contribution is -2.46. The summed E-state index contributed by atoms with van der Waals surface area (Å²) < 4.78 is 23.6. The van der Waals surface area contributed by atoms with E-state index in [4.69, 9.17) is 9.05 Å². The summed E-state index contributed by atoms with van der Waals surface area (Å²) in [6.45, 7) is 4.89. The van der Waals surface area contributed by atoms with E-state index >= 15 is 0 Å². The van der Waals surface area contributed by atoms with Crippen molar-refractivity contribution < 1.29 is 32.9 Å². The summed E-state index contributed by atoms with van der Waals surface area (Å²) in [6.07, 6.45) is 48.3. The minimum absolute atomic E-state index is 0.0763. The van der Waals surface area contributed by atoms with Gasteiger partial charge in [0.05, 0.1) is 39.9 Å². The van der Waals surface area contributed by atoms with Crippen LogP contribution in [-0.2, 0) is 18.4 Å². The van der Waals surface area contributed by atoms with Crippen LogP contribution in [-0.4, -0.2) is 73.4 Å². The fraction of sp³-hybridized carbons (Fsp3) is 0.939. The number of nitrogens with one attached hydrogen (secondary N) is 1. The maximum Gasteiger partial charge on any atom is 0.472 e. The molecule has 8 nitrogen and oxygen atoms in total. The van der Waals surface area contributed by atoms with Crippen LogP contribution in [0, 0.1) is 0 Å². The molecule has 9 heteroatoms. The number of hydrogen-bond donors (Lipinski definition) is 3. The maximum atomic E-state index is 12.9. The quantitative estimate of drug-likeness (QED) is 0.0244. The molecule has 3 N–H and O–H groups in total. The molecule has 0 aliphatic rings. The van der Waals surface area contributed by atoms with E-state index in [1.54, 1.807) is 0 Å². The van der Waals surface area contributed by atoms with Crippen LogP contribution in [0.1, 0.15) is 245 Å². The van der Waals surface area contributed by atoms with Gasteiger partial charge in [-0.25, -0.2) is 4.57 Å². The minimum atomic E-state index is -4.31. The number of carbonyl (C=O) groups is 1. The summed E-state index contributed by atoms with van der Waals surface area (Å²) in [6, 6.07) is -0.756. The van der Waals surface area contributed by atoms with Crippen molar-refractivity contribution in [3.05, 3.63) is 12.2 Å². The van der Waals surface area contributed by atoms with Gasteiger partial charge < -0.3 is 19.8 Å². The third-order valence-corrected chi connectivity index (χ3v) is 12.5. The molecule has 0 spiro atoms. The van der Waals surface area contributed by atoms with E-state index in [-0.39, 0.29) is 19.1 Å². The highest BCUT2D eigenvalue weighted by Gasteiger charge is 2.28. The lowest BCUT2D eigenvalue weighted by Gasteiger charge is -2.26. The summed E-state index contributed by atoms with van der Waals surface area (Å²) in [5, 5.41) is 13.9. The van der Waals surface area contributed by atoms with Gasteiger partial charge in [-0.3, -0.25) is 13.8 Å². The molecule has 3 atom stereocenters. The number of likely N-dealkylation sites (N-methyl/N-ethyl adjacent to an activating group) is 1. The Balaban J connectivity index is 4.08. The topological polar surface area (TPSA) is 105 Å².